The lowest BCUT2D eigenvalue weighted by Gasteiger charge is -2.28. The Labute approximate surface area is 62.2 Å². The van der Waals surface area contributed by atoms with Gasteiger partial charge in [0.15, 0.2) is 0 Å². The van der Waals surface area contributed by atoms with E-state index in [2.05, 4.69) is 5.32 Å². The van der Waals surface area contributed by atoms with Gasteiger partial charge in [-0.15, -0.1) is 0 Å². The van der Waals surface area contributed by atoms with Gasteiger partial charge < -0.3 is 11.1 Å². The Morgan fingerprint density at radius 2 is 1.90 bits per heavy atom. The first-order chi connectivity index (χ1) is 4.86. The summed E-state index contributed by atoms with van der Waals surface area (Å²) in [6, 6.07) is 0.501. The minimum Gasteiger partial charge on any atom is -0.328 e. The molecular formula is C8H16N2. The average Bonchev–Trinajstić information content (AvgIpc) is 2.33. The van der Waals surface area contributed by atoms with Crippen LogP contribution >= 0.6 is 0 Å². The Balaban J connectivity index is 1.96. The van der Waals surface area contributed by atoms with Crippen LogP contribution in [0.1, 0.15) is 19.3 Å². The molecule has 2 heteroatoms. The third-order valence-electron chi connectivity index (χ3n) is 2.99. The van der Waals surface area contributed by atoms with E-state index in [1.54, 1.807) is 0 Å². The third-order valence-corrected chi connectivity index (χ3v) is 2.99. The molecular weight excluding hydrogens is 124 g/mol. The molecule has 1 aliphatic heterocycles. The molecule has 0 aromatic rings. The van der Waals surface area contributed by atoms with E-state index in [4.69, 9.17) is 5.73 Å². The molecule has 0 amide bonds. The summed E-state index contributed by atoms with van der Waals surface area (Å²) in [6.07, 6.45) is 3.87. The highest BCUT2D eigenvalue weighted by Gasteiger charge is 2.31. The zero-order valence-electron chi connectivity index (χ0n) is 6.34. The fourth-order valence-corrected chi connectivity index (χ4v) is 2.34. The molecule has 2 nitrogen and oxygen atoms in total. The first-order valence-corrected chi connectivity index (χ1v) is 4.32. The van der Waals surface area contributed by atoms with Gasteiger partial charge in [0.2, 0.25) is 0 Å². The molecule has 1 aliphatic carbocycles. The molecule has 0 aromatic heterocycles. The number of nitrogens with two attached hydrogens (primary N) is 1. The van der Waals surface area contributed by atoms with Gasteiger partial charge in [-0.25, -0.2) is 0 Å². The van der Waals surface area contributed by atoms with Crippen LogP contribution in [0.5, 0.6) is 0 Å². The summed E-state index contributed by atoms with van der Waals surface area (Å²) < 4.78 is 0. The maximum absolute atomic E-state index is 5.86. The number of hydrogen-bond donors (Lipinski definition) is 2. The lowest BCUT2D eigenvalue weighted by atomic mass is 9.79. The maximum atomic E-state index is 5.86. The molecule has 3 atom stereocenters. The van der Waals surface area contributed by atoms with Crippen molar-refractivity contribution < 1.29 is 0 Å². The molecule has 0 radical (unpaired) electrons. The number of hydrogen-bond acceptors (Lipinski definition) is 2. The van der Waals surface area contributed by atoms with E-state index in [9.17, 15) is 0 Å². The van der Waals surface area contributed by atoms with E-state index in [0.717, 1.165) is 11.8 Å². The number of rotatable bonds is 0. The van der Waals surface area contributed by atoms with Gasteiger partial charge in [-0.2, -0.15) is 0 Å². The fourth-order valence-electron chi connectivity index (χ4n) is 2.34. The summed E-state index contributed by atoms with van der Waals surface area (Å²) in [5.74, 6) is 1.86. The van der Waals surface area contributed by atoms with Crippen LogP contribution in [-0.4, -0.2) is 19.1 Å². The van der Waals surface area contributed by atoms with Crippen molar-refractivity contribution in [2.24, 2.45) is 17.6 Å². The van der Waals surface area contributed by atoms with Crippen molar-refractivity contribution in [2.45, 2.75) is 25.3 Å². The summed E-state index contributed by atoms with van der Waals surface area (Å²) in [5.41, 5.74) is 5.86. The Kier molecular flexibility index (Phi) is 1.66. The summed E-state index contributed by atoms with van der Waals surface area (Å²) >= 11 is 0. The molecule has 1 unspecified atom stereocenters. The van der Waals surface area contributed by atoms with E-state index in [-0.39, 0.29) is 0 Å². The largest absolute Gasteiger partial charge is 0.328 e. The molecule has 1 saturated carbocycles. The Hall–Kier alpha value is -0.0800. The Morgan fingerprint density at radius 1 is 1.10 bits per heavy atom. The van der Waals surface area contributed by atoms with Gasteiger partial charge >= 0.3 is 0 Å². The minimum atomic E-state index is 0.501. The third kappa shape index (κ3) is 1.06. The van der Waals surface area contributed by atoms with Crippen molar-refractivity contribution in [3.8, 4) is 0 Å². The average molecular weight is 140 g/mol. The van der Waals surface area contributed by atoms with Gasteiger partial charge in [0.05, 0.1) is 0 Å². The standard InChI is InChI=1S/C8H16N2/c9-8-2-1-6-4-10-5-7(6)3-8/h6-8,10H,1-5,9H2/t6-,7+,8?/m1/s1. The van der Waals surface area contributed by atoms with Gasteiger partial charge in [-0.05, 0) is 44.2 Å². The molecule has 1 heterocycles. The van der Waals surface area contributed by atoms with E-state index in [0.29, 0.717) is 6.04 Å². The predicted octanol–water partition coefficient (Wildman–Crippen LogP) is 0.333. The SMILES string of the molecule is NC1CC[C@@H]2CNC[C@@H]2C1. The number of nitrogens with one attached hydrogen (secondary N) is 1. The van der Waals surface area contributed by atoms with Gasteiger partial charge in [0, 0.05) is 6.04 Å². The highest BCUT2D eigenvalue weighted by molar-refractivity contribution is 4.88. The molecule has 0 spiro atoms. The van der Waals surface area contributed by atoms with Gasteiger partial charge in [0.25, 0.3) is 0 Å². The fraction of sp³-hybridized carbons (Fsp3) is 1.00. The second-order valence-corrected chi connectivity index (χ2v) is 3.75. The second-order valence-electron chi connectivity index (χ2n) is 3.75. The van der Waals surface area contributed by atoms with E-state index in [1.807, 2.05) is 0 Å². The summed E-state index contributed by atoms with van der Waals surface area (Å²) in [7, 11) is 0. The first kappa shape index (κ1) is 6.62. The summed E-state index contributed by atoms with van der Waals surface area (Å²) in [5, 5.41) is 3.43. The van der Waals surface area contributed by atoms with Gasteiger partial charge in [-0.1, -0.05) is 0 Å². The Morgan fingerprint density at radius 3 is 2.80 bits per heavy atom. The van der Waals surface area contributed by atoms with Crippen LogP contribution in [0.3, 0.4) is 0 Å². The first-order valence-electron chi connectivity index (χ1n) is 4.32. The highest BCUT2D eigenvalue weighted by atomic mass is 14.9. The highest BCUT2D eigenvalue weighted by Crippen LogP contribution is 2.31. The van der Waals surface area contributed by atoms with Crippen LogP contribution in [0.4, 0.5) is 0 Å². The van der Waals surface area contributed by atoms with Crippen LogP contribution < -0.4 is 11.1 Å². The van der Waals surface area contributed by atoms with E-state index >= 15 is 0 Å². The van der Waals surface area contributed by atoms with Crippen LogP contribution in [-0.2, 0) is 0 Å². The van der Waals surface area contributed by atoms with Gasteiger partial charge in [0.1, 0.15) is 0 Å². The molecule has 2 fully saturated rings. The zero-order valence-corrected chi connectivity index (χ0v) is 6.34. The molecule has 1 saturated heterocycles. The zero-order chi connectivity index (χ0) is 6.97. The Bertz CT molecular complexity index is 124. The van der Waals surface area contributed by atoms with Crippen molar-refractivity contribution >= 4 is 0 Å². The van der Waals surface area contributed by atoms with Crippen molar-refractivity contribution in [3.05, 3.63) is 0 Å². The molecule has 58 valence electrons. The maximum Gasteiger partial charge on any atom is 0.00421 e. The molecule has 2 aliphatic rings. The molecule has 10 heavy (non-hydrogen) atoms. The summed E-state index contributed by atoms with van der Waals surface area (Å²) in [4.78, 5) is 0. The molecule has 3 N–H and O–H groups in total. The lowest BCUT2D eigenvalue weighted by molar-refractivity contribution is 0.271. The molecule has 2 rings (SSSR count). The van der Waals surface area contributed by atoms with E-state index in [1.165, 1.54) is 32.4 Å². The van der Waals surface area contributed by atoms with Crippen LogP contribution in [0.25, 0.3) is 0 Å². The normalized spacial score (nSPS) is 47.1. The number of fused-ring (bicyclic) bond motifs is 1. The van der Waals surface area contributed by atoms with Crippen LogP contribution in [0.2, 0.25) is 0 Å². The van der Waals surface area contributed by atoms with Crippen LogP contribution in [0, 0.1) is 11.8 Å². The van der Waals surface area contributed by atoms with Crippen molar-refractivity contribution in [2.75, 3.05) is 13.1 Å². The van der Waals surface area contributed by atoms with E-state index < -0.39 is 0 Å². The topological polar surface area (TPSA) is 38.0 Å². The van der Waals surface area contributed by atoms with Gasteiger partial charge in [-0.3, -0.25) is 0 Å². The van der Waals surface area contributed by atoms with Crippen molar-refractivity contribution in [1.29, 1.82) is 0 Å². The van der Waals surface area contributed by atoms with Crippen molar-refractivity contribution in [1.82, 2.24) is 5.32 Å². The summed E-state index contributed by atoms with van der Waals surface area (Å²) in [6.45, 7) is 2.47. The van der Waals surface area contributed by atoms with Crippen LogP contribution in [0.15, 0.2) is 0 Å². The monoisotopic (exact) mass is 140 g/mol. The second kappa shape index (κ2) is 2.51. The molecule has 0 bridgehead atoms. The lowest BCUT2D eigenvalue weighted by Crippen LogP contribution is -2.32. The predicted molar refractivity (Wildman–Crippen MR) is 41.7 cm³/mol. The smallest absolute Gasteiger partial charge is 0.00421 e. The quantitative estimate of drug-likeness (QED) is 0.509. The minimum absolute atomic E-state index is 0.501. The molecule has 0 aromatic carbocycles. The van der Waals surface area contributed by atoms with Crippen molar-refractivity contribution in [3.63, 3.8) is 0 Å².